The van der Waals surface area contributed by atoms with Crippen molar-refractivity contribution in [1.29, 1.82) is 0 Å². The lowest BCUT2D eigenvalue weighted by atomic mass is 9.48. The van der Waals surface area contributed by atoms with Crippen molar-refractivity contribution in [1.82, 2.24) is 0 Å². The minimum absolute atomic E-state index is 0.539. The normalized spacial score (nSPS) is 9.27. The first-order valence-electron chi connectivity index (χ1n) is 3.96. The van der Waals surface area contributed by atoms with E-state index < -0.39 is 0 Å². The van der Waals surface area contributed by atoms with Gasteiger partial charge in [-0.1, -0.05) is 49.5 Å². The molecule has 1 rings (SSSR count). The van der Waals surface area contributed by atoms with E-state index in [9.17, 15) is 0 Å². The van der Waals surface area contributed by atoms with Crippen molar-refractivity contribution in [3.63, 3.8) is 0 Å². The second-order valence-corrected chi connectivity index (χ2v) is 3.05. The van der Waals surface area contributed by atoms with Crippen molar-refractivity contribution in [2.75, 3.05) is 0 Å². The third-order valence-electron chi connectivity index (χ3n) is 1.84. The monoisotopic (exact) mass is 144 g/mol. The second-order valence-electron chi connectivity index (χ2n) is 3.05. The molecule has 0 saturated heterocycles. The van der Waals surface area contributed by atoms with E-state index in [4.69, 9.17) is 0 Å². The van der Waals surface area contributed by atoms with Gasteiger partial charge in [0, 0.05) is 0 Å². The van der Waals surface area contributed by atoms with Crippen LogP contribution in [-0.2, 0) is 0 Å². The predicted molar refractivity (Wildman–Crippen MR) is 53.0 cm³/mol. The summed E-state index contributed by atoms with van der Waals surface area (Å²) in [6.45, 7) is 8.89. The van der Waals surface area contributed by atoms with Crippen LogP contribution in [0.1, 0.15) is 5.56 Å². The van der Waals surface area contributed by atoms with Gasteiger partial charge in [0.15, 0.2) is 6.71 Å². The quantitative estimate of drug-likeness (QED) is 0.559. The van der Waals surface area contributed by atoms with Crippen LogP contribution in [0.4, 0.5) is 0 Å². The zero-order chi connectivity index (χ0) is 8.27. The van der Waals surface area contributed by atoms with Crippen LogP contribution in [-0.4, -0.2) is 6.71 Å². The second kappa shape index (κ2) is 3.43. The molecule has 0 saturated carbocycles. The van der Waals surface area contributed by atoms with Gasteiger partial charge in [0.1, 0.15) is 0 Å². The van der Waals surface area contributed by atoms with Crippen LogP contribution in [0, 0.1) is 0 Å². The van der Waals surface area contributed by atoms with Crippen LogP contribution in [0.25, 0.3) is 5.47 Å². The molecule has 0 radical (unpaired) electrons. The molecule has 0 aliphatic heterocycles. The Kier molecular flexibility index (Phi) is 2.53. The van der Waals surface area contributed by atoms with E-state index in [1.165, 1.54) is 11.0 Å². The summed E-state index contributed by atoms with van der Waals surface area (Å²) in [7, 11) is 0. The van der Waals surface area contributed by atoms with Crippen molar-refractivity contribution in [3.05, 3.63) is 42.5 Å². The smallest absolute Gasteiger partial charge is 0.104 e. The lowest BCUT2D eigenvalue weighted by molar-refractivity contribution is 1.64. The van der Waals surface area contributed by atoms with Gasteiger partial charge < -0.3 is 0 Å². The molecule has 0 nitrogen and oxygen atoms in total. The molecule has 0 unspecified atom stereocenters. The average Bonchev–Trinajstić information content (AvgIpc) is 2.05. The summed E-state index contributed by atoms with van der Waals surface area (Å²) < 4.78 is 0. The maximum absolute atomic E-state index is 4.02. The molecule has 0 amide bonds. The molecule has 0 atom stereocenters. The summed E-state index contributed by atoms with van der Waals surface area (Å²) in [4.78, 5) is 0. The molecule has 11 heavy (non-hydrogen) atoms. The van der Waals surface area contributed by atoms with Crippen LogP contribution >= 0.6 is 0 Å². The van der Waals surface area contributed by atoms with Crippen LogP contribution in [0.5, 0.6) is 0 Å². The molecule has 0 N–H and O–H groups in total. The van der Waals surface area contributed by atoms with Gasteiger partial charge in [-0.2, -0.15) is 0 Å². The van der Waals surface area contributed by atoms with Gasteiger partial charge in [0.2, 0.25) is 0 Å². The molecule has 1 aromatic carbocycles. The number of hydrogen-bond donors (Lipinski definition) is 0. The SMILES string of the molecule is C=C(B(C)C)c1ccccc1. The van der Waals surface area contributed by atoms with Crippen LogP contribution in [0.2, 0.25) is 13.6 Å². The molecule has 0 heterocycles. The predicted octanol–water partition coefficient (Wildman–Crippen LogP) is 2.99. The van der Waals surface area contributed by atoms with Crippen LogP contribution in [0.3, 0.4) is 0 Å². The van der Waals surface area contributed by atoms with E-state index in [1.807, 2.05) is 18.2 Å². The third kappa shape index (κ3) is 1.97. The highest BCUT2D eigenvalue weighted by molar-refractivity contribution is 6.76. The van der Waals surface area contributed by atoms with Gasteiger partial charge >= 0.3 is 0 Å². The van der Waals surface area contributed by atoms with E-state index in [2.05, 4.69) is 32.4 Å². The van der Waals surface area contributed by atoms with Crippen molar-refractivity contribution >= 4 is 12.2 Å². The molecule has 0 fully saturated rings. The number of rotatable bonds is 2. The molecule has 0 aromatic heterocycles. The Hall–Kier alpha value is -0.975. The Morgan fingerprint density at radius 1 is 1.18 bits per heavy atom. The zero-order valence-corrected chi connectivity index (χ0v) is 7.17. The van der Waals surface area contributed by atoms with Gasteiger partial charge in [-0.05, 0) is 5.56 Å². The fourth-order valence-corrected chi connectivity index (χ4v) is 0.986. The number of benzene rings is 1. The highest BCUT2D eigenvalue weighted by Crippen LogP contribution is 2.13. The maximum atomic E-state index is 4.02. The maximum Gasteiger partial charge on any atom is 0.169 e. The third-order valence-corrected chi connectivity index (χ3v) is 1.84. The van der Waals surface area contributed by atoms with Crippen LogP contribution < -0.4 is 0 Å². The summed E-state index contributed by atoms with van der Waals surface area (Å²) in [6, 6.07) is 10.3. The molecule has 0 aliphatic carbocycles. The highest BCUT2D eigenvalue weighted by atomic mass is 13.9. The summed E-state index contributed by atoms with van der Waals surface area (Å²) in [5.74, 6) is 0. The van der Waals surface area contributed by atoms with Gasteiger partial charge in [0.25, 0.3) is 0 Å². The Bertz CT molecular complexity index is 236. The molecule has 56 valence electrons. The largest absolute Gasteiger partial charge is 0.169 e. The Morgan fingerprint density at radius 2 is 1.73 bits per heavy atom. The van der Waals surface area contributed by atoms with Crippen molar-refractivity contribution in [3.8, 4) is 0 Å². The van der Waals surface area contributed by atoms with Crippen LogP contribution in [0.15, 0.2) is 36.9 Å². The first-order chi connectivity index (χ1) is 5.22. The van der Waals surface area contributed by atoms with Crippen molar-refractivity contribution in [2.45, 2.75) is 13.6 Å². The Labute approximate surface area is 69.0 Å². The number of hydrogen-bond acceptors (Lipinski definition) is 0. The Balaban J connectivity index is 2.86. The van der Waals surface area contributed by atoms with Crippen molar-refractivity contribution in [2.24, 2.45) is 0 Å². The van der Waals surface area contributed by atoms with E-state index in [0.29, 0.717) is 6.71 Å². The van der Waals surface area contributed by atoms with Gasteiger partial charge in [-0.25, -0.2) is 0 Å². The van der Waals surface area contributed by atoms with Gasteiger partial charge in [-0.3, -0.25) is 0 Å². The standard InChI is InChI=1S/C10H13B/c1-9(11(2)3)10-7-5-4-6-8-10/h4-8H,1H2,2-3H3. The minimum Gasteiger partial charge on any atom is -0.104 e. The lowest BCUT2D eigenvalue weighted by Gasteiger charge is -2.05. The average molecular weight is 144 g/mol. The molecule has 0 aliphatic rings. The molecular formula is C10H13B. The van der Waals surface area contributed by atoms with E-state index >= 15 is 0 Å². The minimum atomic E-state index is 0.539. The highest BCUT2D eigenvalue weighted by Gasteiger charge is 2.04. The fourth-order valence-electron chi connectivity index (χ4n) is 0.986. The Morgan fingerprint density at radius 3 is 2.18 bits per heavy atom. The molecule has 1 heteroatoms. The first-order valence-corrected chi connectivity index (χ1v) is 3.96. The summed E-state index contributed by atoms with van der Waals surface area (Å²) in [5.41, 5.74) is 2.47. The van der Waals surface area contributed by atoms with E-state index in [-0.39, 0.29) is 0 Å². The van der Waals surface area contributed by atoms with Crippen molar-refractivity contribution < 1.29 is 0 Å². The van der Waals surface area contributed by atoms with E-state index in [1.54, 1.807) is 0 Å². The lowest BCUT2D eigenvalue weighted by Crippen LogP contribution is -2.02. The summed E-state index contributed by atoms with van der Waals surface area (Å²) in [5, 5.41) is 0. The molecule has 0 bridgehead atoms. The van der Waals surface area contributed by atoms with E-state index in [0.717, 1.165) is 0 Å². The summed E-state index contributed by atoms with van der Waals surface area (Å²) >= 11 is 0. The zero-order valence-electron chi connectivity index (χ0n) is 7.17. The molecule has 0 spiro atoms. The first kappa shape index (κ1) is 8.12. The fraction of sp³-hybridized carbons (Fsp3) is 0.200. The van der Waals surface area contributed by atoms with Gasteiger partial charge in [0.05, 0.1) is 0 Å². The molecule has 1 aromatic rings. The van der Waals surface area contributed by atoms with Gasteiger partial charge in [-0.15, -0.1) is 6.58 Å². The summed E-state index contributed by atoms with van der Waals surface area (Å²) in [6.07, 6.45) is 0. The molecular weight excluding hydrogens is 131 g/mol. The topological polar surface area (TPSA) is 0 Å².